The van der Waals surface area contributed by atoms with Gasteiger partial charge < -0.3 is 35.4 Å². The van der Waals surface area contributed by atoms with Crippen molar-refractivity contribution in [1.82, 2.24) is 20.9 Å². The predicted octanol–water partition coefficient (Wildman–Crippen LogP) is 2.46. The van der Waals surface area contributed by atoms with Crippen LogP contribution in [0.2, 0.25) is 0 Å². The van der Waals surface area contributed by atoms with Crippen molar-refractivity contribution in [3.8, 4) is 0 Å². The fraction of sp³-hybridized carbons (Fsp3) is 0.719. The number of nitrogens with zero attached hydrogens (tertiary/aromatic N) is 1. The summed E-state index contributed by atoms with van der Waals surface area (Å²) in [6, 6.07) is -2.80. The van der Waals surface area contributed by atoms with Gasteiger partial charge in [-0.2, -0.15) is 0 Å². The van der Waals surface area contributed by atoms with Crippen molar-refractivity contribution in [2.24, 2.45) is 22.7 Å². The van der Waals surface area contributed by atoms with E-state index >= 15 is 0 Å². The van der Waals surface area contributed by atoms with Gasteiger partial charge in [-0.25, -0.2) is 9.59 Å². The largest absolute Gasteiger partial charge is 0.463 e. The molecule has 0 aromatic rings. The first-order chi connectivity index (χ1) is 20.3. The van der Waals surface area contributed by atoms with Crippen LogP contribution in [0.1, 0.15) is 75.2 Å². The number of ether oxygens (including phenoxy) is 2. The highest BCUT2D eigenvalue weighted by atomic mass is 16.6. The molecule has 1 aliphatic carbocycles. The zero-order valence-electron chi connectivity index (χ0n) is 27.7. The summed E-state index contributed by atoms with van der Waals surface area (Å²) in [6.45, 7) is 20.7. The summed E-state index contributed by atoms with van der Waals surface area (Å²) < 4.78 is 10.2. The Kier molecular flexibility index (Phi) is 12.2. The fourth-order valence-electron chi connectivity index (χ4n) is 5.72. The SMILES string of the molecule is C=CCCC(NC(=O)C1[C@@H]2[C@H](CN1C(=O)[C@@H](NC(=O)OC(C)(C)C)C(C)(C)C)C2(C)C)C(O)C(=O)NC/C=C/C(=O)OCC. The van der Waals surface area contributed by atoms with Gasteiger partial charge in [0.1, 0.15) is 17.7 Å². The second kappa shape index (κ2) is 14.6. The van der Waals surface area contributed by atoms with Crippen molar-refractivity contribution in [1.29, 1.82) is 0 Å². The summed E-state index contributed by atoms with van der Waals surface area (Å²) >= 11 is 0. The van der Waals surface area contributed by atoms with Crippen LogP contribution in [0.5, 0.6) is 0 Å². The minimum Gasteiger partial charge on any atom is -0.463 e. The van der Waals surface area contributed by atoms with E-state index < -0.39 is 65.0 Å². The quantitative estimate of drug-likeness (QED) is 0.139. The van der Waals surface area contributed by atoms with E-state index in [-0.39, 0.29) is 36.8 Å². The summed E-state index contributed by atoms with van der Waals surface area (Å²) in [6.07, 6.45) is 2.50. The van der Waals surface area contributed by atoms with Crippen LogP contribution in [0.25, 0.3) is 0 Å². The Hall–Kier alpha value is -3.41. The maximum atomic E-state index is 14.0. The zero-order chi connectivity index (χ0) is 33.6. The third-order valence-corrected chi connectivity index (χ3v) is 8.13. The number of hydrogen-bond acceptors (Lipinski definition) is 8. The van der Waals surface area contributed by atoms with Crippen molar-refractivity contribution in [3.05, 3.63) is 24.8 Å². The van der Waals surface area contributed by atoms with Gasteiger partial charge in [0.05, 0.1) is 12.6 Å². The van der Waals surface area contributed by atoms with E-state index in [1.807, 2.05) is 34.6 Å². The first-order valence-electron chi connectivity index (χ1n) is 15.3. The molecule has 2 aliphatic rings. The van der Waals surface area contributed by atoms with E-state index in [1.54, 1.807) is 33.8 Å². The van der Waals surface area contributed by atoms with Crippen LogP contribution < -0.4 is 16.0 Å². The van der Waals surface area contributed by atoms with Crippen LogP contribution >= 0.6 is 0 Å². The van der Waals surface area contributed by atoms with E-state index in [9.17, 15) is 29.1 Å². The summed E-state index contributed by atoms with van der Waals surface area (Å²) in [7, 11) is 0. The molecule has 0 aromatic heterocycles. The van der Waals surface area contributed by atoms with Crippen LogP contribution in [0, 0.1) is 22.7 Å². The number of esters is 1. The Labute approximate surface area is 261 Å². The number of carbonyl (C=O) groups is 5. The van der Waals surface area contributed by atoms with Crippen LogP contribution in [0.4, 0.5) is 4.79 Å². The number of rotatable bonds is 13. The highest BCUT2D eigenvalue weighted by molar-refractivity contribution is 5.94. The number of aliphatic hydroxyl groups excluding tert-OH is 1. The maximum Gasteiger partial charge on any atom is 0.408 e. The zero-order valence-corrected chi connectivity index (χ0v) is 27.7. The molecule has 4 N–H and O–H groups in total. The van der Waals surface area contributed by atoms with Gasteiger partial charge in [-0.3, -0.25) is 14.4 Å². The number of amides is 4. The second-order valence-electron chi connectivity index (χ2n) is 14.2. The number of allylic oxidation sites excluding steroid dienone is 1. The standard InChI is InChI=1S/C32H52N4O8/c1-11-13-15-20(24(38)27(40)33-17-14-16-21(37)43-12-2)34-26(39)23-22-19(32(22,9)10)18-36(23)28(41)25(30(3,4)5)35-29(42)44-31(6,7)8/h11,14,16,19-20,22-25,38H,1,12-13,15,17-18H2,2-10H3,(H,33,40)(H,34,39)(H,35,42)/b16-14+/t19-,20?,22-,23?,24?,25+/m0/s1. The first kappa shape index (κ1) is 36.8. The van der Waals surface area contributed by atoms with Crippen LogP contribution in [0.3, 0.4) is 0 Å². The van der Waals surface area contributed by atoms with Gasteiger partial charge in [-0.05, 0) is 63.2 Å². The minimum absolute atomic E-state index is 0.0292. The minimum atomic E-state index is -1.60. The number of fused-ring (bicyclic) bond motifs is 1. The lowest BCUT2D eigenvalue weighted by molar-refractivity contribution is -0.145. The van der Waals surface area contributed by atoms with E-state index in [1.165, 1.54) is 17.1 Å². The molecule has 12 nitrogen and oxygen atoms in total. The first-order valence-corrected chi connectivity index (χ1v) is 15.3. The molecule has 6 atom stereocenters. The van der Waals surface area contributed by atoms with E-state index in [2.05, 4.69) is 22.5 Å². The smallest absolute Gasteiger partial charge is 0.408 e. The lowest BCUT2D eigenvalue weighted by Crippen LogP contribution is -2.61. The van der Waals surface area contributed by atoms with Gasteiger partial charge in [0.15, 0.2) is 6.10 Å². The van der Waals surface area contributed by atoms with Crippen molar-refractivity contribution in [2.45, 2.75) is 105 Å². The third kappa shape index (κ3) is 9.54. The van der Waals surface area contributed by atoms with Crippen molar-refractivity contribution >= 4 is 29.8 Å². The van der Waals surface area contributed by atoms with Crippen LogP contribution in [0.15, 0.2) is 24.8 Å². The molecule has 4 amide bonds. The molecule has 0 aromatic carbocycles. The molecule has 1 saturated carbocycles. The molecule has 0 radical (unpaired) electrons. The van der Waals surface area contributed by atoms with E-state index in [0.717, 1.165) is 0 Å². The number of likely N-dealkylation sites (tertiary alicyclic amines) is 1. The Morgan fingerprint density at radius 1 is 1.09 bits per heavy atom. The van der Waals surface area contributed by atoms with Crippen molar-refractivity contribution in [2.75, 3.05) is 19.7 Å². The molecular formula is C32H52N4O8. The molecule has 1 saturated heterocycles. The van der Waals surface area contributed by atoms with E-state index in [0.29, 0.717) is 13.0 Å². The third-order valence-electron chi connectivity index (χ3n) is 8.13. The van der Waals surface area contributed by atoms with Gasteiger partial charge >= 0.3 is 12.1 Å². The monoisotopic (exact) mass is 620 g/mol. The fourth-order valence-corrected chi connectivity index (χ4v) is 5.72. The summed E-state index contributed by atoms with van der Waals surface area (Å²) in [5.41, 5.74) is -1.64. The van der Waals surface area contributed by atoms with Crippen LogP contribution in [-0.2, 0) is 28.7 Å². The molecule has 1 heterocycles. The number of piperidine rings is 1. The van der Waals surface area contributed by atoms with Gasteiger partial charge in [0, 0.05) is 19.2 Å². The molecule has 0 bridgehead atoms. The van der Waals surface area contributed by atoms with Gasteiger partial charge in [-0.15, -0.1) is 6.58 Å². The van der Waals surface area contributed by atoms with Gasteiger partial charge in [0.2, 0.25) is 11.8 Å². The van der Waals surface area contributed by atoms with Crippen molar-refractivity contribution < 1.29 is 38.6 Å². The average molecular weight is 621 g/mol. The number of hydrogen-bond donors (Lipinski definition) is 4. The highest BCUT2D eigenvalue weighted by Gasteiger charge is 2.70. The van der Waals surface area contributed by atoms with Gasteiger partial charge in [-0.1, -0.05) is 46.8 Å². The van der Waals surface area contributed by atoms with E-state index in [4.69, 9.17) is 9.47 Å². The van der Waals surface area contributed by atoms with Crippen molar-refractivity contribution in [3.63, 3.8) is 0 Å². The summed E-state index contributed by atoms with van der Waals surface area (Å²) in [5, 5.41) is 19.0. The molecule has 44 heavy (non-hydrogen) atoms. The number of carbonyl (C=O) groups excluding carboxylic acids is 5. The lowest BCUT2D eigenvalue weighted by atomic mass is 9.85. The molecule has 0 spiro atoms. The molecule has 3 unspecified atom stereocenters. The number of alkyl carbamates (subject to hydrolysis) is 1. The highest BCUT2D eigenvalue weighted by Crippen LogP contribution is 2.65. The second-order valence-corrected chi connectivity index (χ2v) is 14.2. The Morgan fingerprint density at radius 2 is 1.73 bits per heavy atom. The average Bonchev–Trinajstić information content (AvgIpc) is 3.21. The molecule has 2 fully saturated rings. The van der Waals surface area contributed by atoms with Gasteiger partial charge in [0.25, 0.3) is 5.91 Å². The Bertz CT molecular complexity index is 1120. The summed E-state index contributed by atoms with van der Waals surface area (Å²) in [4.78, 5) is 66.4. The predicted molar refractivity (Wildman–Crippen MR) is 165 cm³/mol. The maximum absolute atomic E-state index is 14.0. The Balaban J connectivity index is 2.24. The molecular weight excluding hydrogens is 568 g/mol. The van der Waals surface area contributed by atoms with Crippen LogP contribution in [-0.4, -0.2) is 89.3 Å². The topological polar surface area (TPSA) is 163 Å². The number of aliphatic hydroxyl groups is 1. The number of nitrogens with one attached hydrogen (secondary N) is 3. The Morgan fingerprint density at radius 3 is 2.27 bits per heavy atom. The lowest BCUT2D eigenvalue weighted by Gasteiger charge is -2.38. The molecule has 248 valence electrons. The summed E-state index contributed by atoms with van der Waals surface area (Å²) in [5.74, 6) is -2.22. The molecule has 2 rings (SSSR count). The normalized spacial score (nSPS) is 22.7. The molecule has 1 aliphatic heterocycles. The molecule has 12 heteroatoms.